The van der Waals surface area contributed by atoms with Crippen molar-refractivity contribution in [1.29, 1.82) is 0 Å². The number of hydrazone groups is 1. The average Bonchev–Trinajstić information content (AvgIpc) is 2.58. The Balaban J connectivity index is 2.06. The first kappa shape index (κ1) is 21.2. The van der Waals surface area contributed by atoms with E-state index in [0.717, 1.165) is 0 Å². The van der Waals surface area contributed by atoms with E-state index in [1.165, 1.54) is 0 Å². The largest absolute Gasteiger partial charge is 0.451 e. The van der Waals surface area contributed by atoms with Gasteiger partial charge in [-0.2, -0.15) is 31.4 Å². The van der Waals surface area contributed by atoms with Crippen LogP contribution in [0, 0.1) is 0 Å². The van der Waals surface area contributed by atoms with Crippen molar-refractivity contribution in [2.75, 3.05) is 11.9 Å². The lowest BCUT2D eigenvalue weighted by Gasteiger charge is -2.15. The molecule has 2 rings (SSSR count). The van der Waals surface area contributed by atoms with Crippen LogP contribution in [-0.2, 0) is 31.5 Å². The third-order valence-corrected chi connectivity index (χ3v) is 3.35. The molecule has 0 spiro atoms. The minimum atomic E-state index is -5.07. The van der Waals surface area contributed by atoms with Crippen LogP contribution in [0.2, 0.25) is 0 Å². The zero-order valence-electron chi connectivity index (χ0n) is 13.7. The summed E-state index contributed by atoms with van der Waals surface area (Å²) in [5.41, 5.74) is -2.16. The van der Waals surface area contributed by atoms with Crippen molar-refractivity contribution in [2.45, 2.75) is 25.2 Å². The van der Waals surface area contributed by atoms with Crippen LogP contribution in [0.4, 0.5) is 32.0 Å². The highest BCUT2D eigenvalue weighted by molar-refractivity contribution is 6.37. The molecule has 1 aromatic carbocycles. The Kier molecular flexibility index (Phi) is 5.95. The number of benzene rings is 1. The lowest BCUT2D eigenvalue weighted by molar-refractivity contribution is -0.143. The van der Waals surface area contributed by atoms with Gasteiger partial charge in [-0.1, -0.05) is 0 Å². The van der Waals surface area contributed by atoms with Crippen molar-refractivity contribution in [3.05, 3.63) is 29.3 Å². The van der Waals surface area contributed by atoms with E-state index in [2.05, 4.69) is 9.84 Å². The Morgan fingerprint density at radius 2 is 1.61 bits per heavy atom. The van der Waals surface area contributed by atoms with Gasteiger partial charge in [0.05, 0.1) is 11.1 Å². The van der Waals surface area contributed by atoms with Crippen LogP contribution in [0.5, 0.6) is 0 Å². The molecule has 1 aliphatic heterocycles. The number of amides is 2. The third-order valence-electron chi connectivity index (χ3n) is 3.35. The zero-order valence-corrected chi connectivity index (χ0v) is 13.7. The molecule has 0 saturated carbocycles. The van der Waals surface area contributed by atoms with Crippen molar-refractivity contribution in [3.63, 3.8) is 0 Å². The van der Waals surface area contributed by atoms with Gasteiger partial charge in [0.2, 0.25) is 5.91 Å². The molecule has 0 saturated heterocycles. The van der Waals surface area contributed by atoms with E-state index in [9.17, 15) is 40.7 Å². The lowest BCUT2D eigenvalue weighted by Crippen LogP contribution is -2.32. The molecule has 0 radical (unpaired) electrons. The first-order valence-electron chi connectivity index (χ1n) is 7.48. The number of anilines is 1. The van der Waals surface area contributed by atoms with E-state index in [1.54, 1.807) is 5.32 Å². The molecule has 0 unspecified atom stereocenters. The molecule has 152 valence electrons. The standard InChI is InChI=1S/C15H11F6N3O4/c16-14(17,18)7-3-8(15(19,20)21)5-9(4-7)22-12(26)6-28-13(27)10-1-2-11(25)24-23-10/h3-5H,1-2,6H2,(H,22,26)(H,24,25). The Morgan fingerprint density at radius 3 is 2.07 bits per heavy atom. The van der Waals surface area contributed by atoms with Crippen molar-refractivity contribution in [2.24, 2.45) is 5.10 Å². The summed E-state index contributed by atoms with van der Waals surface area (Å²) in [5.74, 6) is -2.66. The molecule has 0 fully saturated rings. The minimum absolute atomic E-state index is 0.0371. The van der Waals surface area contributed by atoms with Gasteiger partial charge < -0.3 is 10.1 Å². The number of nitrogens with one attached hydrogen (secondary N) is 2. The van der Waals surface area contributed by atoms with Crippen molar-refractivity contribution >= 4 is 29.2 Å². The molecular formula is C15H11F6N3O4. The summed E-state index contributed by atoms with van der Waals surface area (Å²) in [6.07, 6.45) is -10.2. The van der Waals surface area contributed by atoms with Crippen LogP contribution in [0.1, 0.15) is 24.0 Å². The summed E-state index contributed by atoms with van der Waals surface area (Å²) in [4.78, 5) is 34.3. The smallest absolute Gasteiger partial charge is 0.416 e. The van der Waals surface area contributed by atoms with Crippen LogP contribution in [-0.4, -0.2) is 30.1 Å². The molecule has 13 heteroatoms. The second-order valence-electron chi connectivity index (χ2n) is 5.51. The summed E-state index contributed by atoms with van der Waals surface area (Å²) in [7, 11) is 0. The van der Waals surface area contributed by atoms with Gasteiger partial charge >= 0.3 is 18.3 Å². The normalized spacial score (nSPS) is 14.8. The number of nitrogens with zero attached hydrogens (tertiary/aromatic N) is 1. The summed E-state index contributed by atoms with van der Waals surface area (Å²) in [5, 5.41) is 5.22. The number of hydrogen-bond acceptors (Lipinski definition) is 5. The summed E-state index contributed by atoms with van der Waals surface area (Å²) < 4.78 is 81.2. The quantitative estimate of drug-likeness (QED) is 0.588. The Labute approximate surface area is 152 Å². The molecule has 0 aliphatic carbocycles. The molecule has 1 heterocycles. The number of carbonyl (C=O) groups excluding carboxylic acids is 3. The summed E-state index contributed by atoms with van der Waals surface area (Å²) >= 11 is 0. The fourth-order valence-electron chi connectivity index (χ4n) is 2.06. The SMILES string of the molecule is O=C1CCC(C(=O)OCC(=O)Nc2cc(C(F)(F)F)cc(C(F)(F)F)c2)=NN1. The first-order valence-corrected chi connectivity index (χ1v) is 7.48. The van der Waals surface area contributed by atoms with Crippen molar-refractivity contribution in [3.8, 4) is 0 Å². The van der Waals surface area contributed by atoms with Crippen LogP contribution in [0.15, 0.2) is 23.3 Å². The van der Waals surface area contributed by atoms with E-state index in [0.29, 0.717) is 12.1 Å². The van der Waals surface area contributed by atoms with E-state index in [1.807, 2.05) is 5.43 Å². The van der Waals surface area contributed by atoms with Crippen molar-refractivity contribution in [1.82, 2.24) is 5.43 Å². The number of hydrogen-bond donors (Lipinski definition) is 2. The molecule has 0 aromatic heterocycles. The molecule has 0 atom stereocenters. The molecule has 2 amide bonds. The Morgan fingerprint density at radius 1 is 1.04 bits per heavy atom. The fourth-order valence-corrected chi connectivity index (χ4v) is 2.06. The molecule has 2 N–H and O–H groups in total. The second-order valence-corrected chi connectivity index (χ2v) is 5.51. The summed E-state index contributed by atoms with van der Waals surface area (Å²) in [6, 6.07) is 0.538. The Hall–Kier alpha value is -3.12. The van der Waals surface area contributed by atoms with Gasteiger partial charge in [0.1, 0.15) is 5.71 Å². The van der Waals surface area contributed by atoms with E-state index in [4.69, 9.17) is 0 Å². The molecule has 1 aromatic rings. The number of alkyl halides is 6. The number of esters is 1. The highest BCUT2D eigenvalue weighted by atomic mass is 19.4. The first-order chi connectivity index (χ1) is 12.9. The van der Waals surface area contributed by atoms with Gasteiger partial charge in [0.15, 0.2) is 6.61 Å². The van der Waals surface area contributed by atoms with Gasteiger partial charge in [0, 0.05) is 18.5 Å². The average molecular weight is 411 g/mol. The highest BCUT2D eigenvalue weighted by Crippen LogP contribution is 2.37. The maximum atomic E-state index is 12.8. The van der Waals surface area contributed by atoms with E-state index in [-0.39, 0.29) is 24.6 Å². The molecular weight excluding hydrogens is 400 g/mol. The van der Waals surface area contributed by atoms with E-state index < -0.39 is 53.6 Å². The van der Waals surface area contributed by atoms with Crippen LogP contribution in [0.3, 0.4) is 0 Å². The van der Waals surface area contributed by atoms with E-state index >= 15 is 0 Å². The van der Waals surface area contributed by atoms with Gasteiger partial charge in [-0.25, -0.2) is 10.2 Å². The van der Waals surface area contributed by atoms with Gasteiger partial charge in [-0.3, -0.25) is 9.59 Å². The number of halogens is 6. The van der Waals surface area contributed by atoms with Crippen molar-refractivity contribution < 1.29 is 45.5 Å². The maximum absolute atomic E-state index is 12.8. The third kappa shape index (κ3) is 5.69. The predicted octanol–water partition coefficient (Wildman–Crippen LogP) is 2.47. The maximum Gasteiger partial charge on any atom is 0.416 e. The fraction of sp³-hybridized carbons (Fsp3) is 0.333. The van der Waals surface area contributed by atoms with Gasteiger partial charge in [-0.15, -0.1) is 0 Å². The molecule has 0 bridgehead atoms. The van der Waals surface area contributed by atoms with Gasteiger partial charge in [0.25, 0.3) is 5.91 Å². The Bertz CT molecular complexity index is 800. The van der Waals surface area contributed by atoms with Crippen LogP contribution >= 0.6 is 0 Å². The number of rotatable bonds is 4. The second kappa shape index (κ2) is 7.86. The predicted molar refractivity (Wildman–Crippen MR) is 80.8 cm³/mol. The summed E-state index contributed by atoms with van der Waals surface area (Å²) in [6.45, 7) is -0.983. The van der Waals surface area contributed by atoms with Crippen LogP contribution in [0.25, 0.3) is 0 Å². The van der Waals surface area contributed by atoms with Crippen LogP contribution < -0.4 is 10.7 Å². The molecule has 28 heavy (non-hydrogen) atoms. The lowest BCUT2D eigenvalue weighted by atomic mass is 10.1. The monoisotopic (exact) mass is 411 g/mol. The van der Waals surface area contributed by atoms with Gasteiger partial charge in [-0.05, 0) is 18.2 Å². The highest BCUT2D eigenvalue weighted by Gasteiger charge is 2.37. The minimum Gasteiger partial charge on any atom is -0.451 e. The number of carbonyl (C=O) groups is 3. The topological polar surface area (TPSA) is 96.9 Å². The molecule has 7 nitrogen and oxygen atoms in total. The number of ether oxygens (including phenoxy) is 1. The zero-order chi connectivity index (χ0) is 21.1. The molecule has 1 aliphatic rings.